The highest BCUT2D eigenvalue weighted by Gasteiger charge is 2.01. The van der Waals surface area contributed by atoms with Gasteiger partial charge < -0.3 is 5.73 Å². The second kappa shape index (κ2) is 6.07. The fraction of sp³-hybridized carbons (Fsp3) is 0.273. The van der Waals surface area contributed by atoms with Crippen molar-refractivity contribution in [3.05, 3.63) is 35.1 Å². The van der Waals surface area contributed by atoms with Gasteiger partial charge in [0, 0.05) is 29.2 Å². The van der Waals surface area contributed by atoms with Crippen molar-refractivity contribution in [2.24, 2.45) is 0 Å². The smallest absolute Gasteiger partial charge is 0.145 e. The molecule has 4 nitrogen and oxygen atoms in total. The molecule has 0 aliphatic carbocycles. The first-order valence-electron chi connectivity index (χ1n) is 5.28. The Morgan fingerprint density at radius 1 is 1.41 bits per heavy atom. The summed E-state index contributed by atoms with van der Waals surface area (Å²) in [7, 11) is 0. The van der Waals surface area contributed by atoms with Crippen LogP contribution in [0.2, 0.25) is 0 Å². The van der Waals surface area contributed by atoms with Crippen molar-refractivity contribution in [2.45, 2.75) is 18.0 Å². The molecule has 2 aromatic rings. The normalized spacial score (nSPS) is 10.6. The Bertz CT molecular complexity index is 486. The van der Waals surface area contributed by atoms with Crippen molar-refractivity contribution in [2.75, 3.05) is 11.5 Å². The maximum atomic E-state index is 5.54. The number of anilines is 1. The highest BCUT2D eigenvalue weighted by Crippen LogP contribution is 2.24. The van der Waals surface area contributed by atoms with Crippen LogP contribution in [0, 0.1) is 0 Å². The van der Waals surface area contributed by atoms with E-state index in [1.807, 2.05) is 29.1 Å². The molecule has 0 radical (unpaired) electrons. The quantitative estimate of drug-likeness (QED) is 0.681. The van der Waals surface area contributed by atoms with Gasteiger partial charge in [-0.2, -0.15) is 5.10 Å². The zero-order valence-corrected chi connectivity index (χ0v) is 11.6. The third-order valence-corrected chi connectivity index (χ3v) is 4.15. The molecule has 0 unspecified atom stereocenters. The summed E-state index contributed by atoms with van der Waals surface area (Å²) in [6.07, 6.45) is 4.74. The van der Waals surface area contributed by atoms with E-state index < -0.39 is 0 Å². The number of nitrogens with two attached hydrogens (primary N) is 1. The number of pyridine rings is 1. The van der Waals surface area contributed by atoms with Crippen molar-refractivity contribution in [1.82, 2.24) is 14.8 Å². The van der Waals surface area contributed by atoms with E-state index in [9.17, 15) is 0 Å². The molecule has 6 heteroatoms. The van der Waals surface area contributed by atoms with Crippen LogP contribution >= 0.6 is 27.7 Å². The van der Waals surface area contributed by atoms with Gasteiger partial charge in [0.05, 0.1) is 0 Å². The molecule has 2 aromatic heterocycles. The number of halogens is 1. The molecule has 2 heterocycles. The molecule has 0 spiro atoms. The van der Waals surface area contributed by atoms with Gasteiger partial charge in [0.25, 0.3) is 0 Å². The molecule has 0 saturated carbocycles. The van der Waals surface area contributed by atoms with Crippen LogP contribution in [0.15, 0.2) is 40.1 Å². The highest BCUT2D eigenvalue weighted by atomic mass is 79.9. The lowest BCUT2D eigenvalue weighted by molar-refractivity contribution is 0.608. The van der Waals surface area contributed by atoms with E-state index in [0.717, 1.165) is 28.2 Å². The minimum Gasteiger partial charge on any atom is -0.382 e. The van der Waals surface area contributed by atoms with E-state index >= 15 is 0 Å². The van der Waals surface area contributed by atoms with Crippen molar-refractivity contribution in [3.8, 4) is 0 Å². The first kappa shape index (κ1) is 12.4. The minimum atomic E-state index is 0.574. The Kier molecular flexibility index (Phi) is 4.44. The number of thioether (sulfide) groups is 1. The van der Waals surface area contributed by atoms with Gasteiger partial charge in [0.1, 0.15) is 10.8 Å². The van der Waals surface area contributed by atoms with Crippen molar-refractivity contribution >= 4 is 33.5 Å². The number of aryl methyl sites for hydroxylation is 1. The number of hydrogen-bond donors (Lipinski definition) is 1. The molecule has 0 aromatic carbocycles. The second-order valence-electron chi connectivity index (χ2n) is 3.50. The van der Waals surface area contributed by atoms with Gasteiger partial charge in [0.2, 0.25) is 0 Å². The summed E-state index contributed by atoms with van der Waals surface area (Å²) in [5.74, 6) is 1.58. The molecular formula is C11H13BrN4S. The van der Waals surface area contributed by atoms with Crippen LogP contribution in [0.3, 0.4) is 0 Å². The molecule has 2 rings (SSSR count). The summed E-state index contributed by atoms with van der Waals surface area (Å²) in [5, 5.41) is 5.17. The first-order valence-corrected chi connectivity index (χ1v) is 7.06. The van der Waals surface area contributed by atoms with Crippen LogP contribution in [0.1, 0.15) is 6.42 Å². The Morgan fingerprint density at radius 3 is 3.00 bits per heavy atom. The standard InChI is InChI=1S/C11H13BrN4S/c12-9-3-1-5-14-11(9)17-8-2-6-16-7-4-10(13)15-16/h1,3-5,7H,2,6,8H2,(H2,13,15). The van der Waals surface area contributed by atoms with Gasteiger partial charge >= 0.3 is 0 Å². The summed E-state index contributed by atoms with van der Waals surface area (Å²) < 4.78 is 2.91. The first-order chi connectivity index (χ1) is 8.25. The summed E-state index contributed by atoms with van der Waals surface area (Å²) in [6, 6.07) is 5.73. The van der Waals surface area contributed by atoms with Crippen LogP contribution in [0.5, 0.6) is 0 Å². The van der Waals surface area contributed by atoms with Gasteiger partial charge in [-0.25, -0.2) is 4.98 Å². The molecule has 90 valence electrons. The Morgan fingerprint density at radius 2 is 2.29 bits per heavy atom. The number of nitrogen functional groups attached to an aromatic ring is 1. The maximum Gasteiger partial charge on any atom is 0.145 e. The Hall–Kier alpha value is -1.01. The zero-order valence-electron chi connectivity index (χ0n) is 9.21. The third-order valence-electron chi connectivity index (χ3n) is 2.16. The number of rotatable bonds is 5. The summed E-state index contributed by atoms with van der Waals surface area (Å²) in [6.45, 7) is 0.884. The Labute approximate surface area is 113 Å². The van der Waals surface area contributed by atoms with E-state index in [1.54, 1.807) is 18.0 Å². The molecule has 2 N–H and O–H groups in total. The van der Waals surface area contributed by atoms with Crippen LogP contribution in [-0.2, 0) is 6.54 Å². The lowest BCUT2D eigenvalue weighted by Crippen LogP contribution is -2.00. The highest BCUT2D eigenvalue weighted by molar-refractivity contribution is 9.10. The molecule has 0 aliphatic heterocycles. The zero-order chi connectivity index (χ0) is 12.1. The molecule has 0 aliphatic rings. The van der Waals surface area contributed by atoms with Gasteiger partial charge in [-0.05, 0) is 40.5 Å². The van der Waals surface area contributed by atoms with E-state index in [1.165, 1.54) is 0 Å². The molecule has 0 bridgehead atoms. The fourth-order valence-electron chi connectivity index (χ4n) is 1.37. The SMILES string of the molecule is Nc1ccn(CCCSc2ncccc2Br)n1. The van der Waals surface area contributed by atoms with E-state index in [0.29, 0.717) is 5.82 Å². The Balaban J connectivity index is 1.75. The van der Waals surface area contributed by atoms with E-state index in [4.69, 9.17) is 5.73 Å². The summed E-state index contributed by atoms with van der Waals surface area (Å²) >= 11 is 5.22. The van der Waals surface area contributed by atoms with Gasteiger partial charge in [0.15, 0.2) is 0 Å². The summed E-state index contributed by atoms with van der Waals surface area (Å²) in [4.78, 5) is 4.30. The average Bonchev–Trinajstić information content (AvgIpc) is 2.73. The molecule has 0 amide bonds. The third kappa shape index (κ3) is 3.74. The molecule has 0 fully saturated rings. The monoisotopic (exact) mass is 312 g/mol. The largest absolute Gasteiger partial charge is 0.382 e. The molecule has 17 heavy (non-hydrogen) atoms. The molecular weight excluding hydrogens is 300 g/mol. The topological polar surface area (TPSA) is 56.7 Å². The van der Waals surface area contributed by atoms with Crippen LogP contribution < -0.4 is 5.73 Å². The summed E-state index contributed by atoms with van der Waals surface area (Å²) in [5.41, 5.74) is 5.54. The van der Waals surface area contributed by atoms with Gasteiger partial charge in [-0.1, -0.05) is 0 Å². The number of nitrogens with zero attached hydrogens (tertiary/aromatic N) is 3. The predicted molar refractivity (Wildman–Crippen MR) is 73.9 cm³/mol. The number of hydrogen-bond acceptors (Lipinski definition) is 4. The number of aromatic nitrogens is 3. The molecule has 0 atom stereocenters. The average molecular weight is 313 g/mol. The van der Waals surface area contributed by atoms with Gasteiger partial charge in [-0.15, -0.1) is 11.8 Å². The molecule has 0 saturated heterocycles. The van der Waals surface area contributed by atoms with E-state index in [-0.39, 0.29) is 0 Å². The lowest BCUT2D eigenvalue weighted by atomic mass is 10.5. The predicted octanol–water partition coefficient (Wildman–Crippen LogP) is 2.81. The fourth-order valence-corrected chi connectivity index (χ4v) is 2.78. The minimum absolute atomic E-state index is 0.574. The van der Waals surface area contributed by atoms with Crippen molar-refractivity contribution < 1.29 is 0 Å². The van der Waals surface area contributed by atoms with Crippen LogP contribution in [0.25, 0.3) is 0 Å². The van der Waals surface area contributed by atoms with E-state index in [2.05, 4.69) is 26.0 Å². The van der Waals surface area contributed by atoms with Crippen LogP contribution in [-0.4, -0.2) is 20.5 Å². The van der Waals surface area contributed by atoms with Crippen molar-refractivity contribution in [3.63, 3.8) is 0 Å². The lowest BCUT2D eigenvalue weighted by Gasteiger charge is -2.03. The second-order valence-corrected chi connectivity index (χ2v) is 5.43. The van der Waals surface area contributed by atoms with Crippen molar-refractivity contribution in [1.29, 1.82) is 0 Å². The van der Waals surface area contributed by atoms with Crippen LogP contribution in [0.4, 0.5) is 5.82 Å². The maximum absolute atomic E-state index is 5.54. The van der Waals surface area contributed by atoms with Gasteiger partial charge in [-0.3, -0.25) is 4.68 Å².